The first-order valence-corrected chi connectivity index (χ1v) is 4.30. The normalized spacial score (nSPS) is 9.56. The Hall–Kier alpha value is -2.24. The summed E-state index contributed by atoms with van der Waals surface area (Å²) in [6.07, 6.45) is -0.785. The SMILES string of the molecule is O=C(O)CC(=O)NC(=O)c1ccc(F)cc1. The Morgan fingerprint density at radius 3 is 2.25 bits per heavy atom. The maximum atomic E-state index is 12.5. The summed E-state index contributed by atoms with van der Waals surface area (Å²) < 4.78 is 12.5. The molecule has 0 aliphatic carbocycles. The Kier molecular flexibility index (Phi) is 3.71. The maximum absolute atomic E-state index is 12.5. The second kappa shape index (κ2) is 5.01. The van der Waals surface area contributed by atoms with E-state index < -0.39 is 30.0 Å². The van der Waals surface area contributed by atoms with Crippen LogP contribution >= 0.6 is 0 Å². The molecule has 0 aliphatic rings. The van der Waals surface area contributed by atoms with E-state index in [1.807, 2.05) is 5.32 Å². The van der Waals surface area contributed by atoms with E-state index in [2.05, 4.69) is 0 Å². The van der Waals surface area contributed by atoms with E-state index in [-0.39, 0.29) is 5.56 Å². The van der Waals surface area contributed by atoms with Gasteiger partial charge in [-0.3, -0.25) is 19.7 Å². The molecule has 0 aromatic heterocycles. The zero-order valence-electron chi connectivity index (χ0n) is 8.07. The van der Waals surface area contributed by atoms with E-state index in [0.29, 0.717) is 0 Å². The van der Waals surface area contributed by atoms with Crippen molar-refractivity contribution >= 4 is 17.8 Å². The van der Waals surface area contributed by atoms with Gasteiger partial charge in [0.2, 0.25) is 5.91 Å². The molecule has 1 aromatic carbocycles. The summed E-state index contributed by atoms with van der Waals surface area (Å²) in [6.45, 7) is 0. The van der Waals surface area contributed by atoms with Crippen molar-refractivity contribution in [3.63, 3.8) is 0 Å². The van der Waals surface area contributed by atoms with Gasteiger partial charge in [0.1, 0.15) is 12.2 Å². The van der Waals surface area contributed by atoms with Crippen LogP contribution in [0.25, 0.3) is 0 Å². The van der Waals surface area contributed by atoms with E-state index >= 15 is 0 Å². The van der Waals surface area contributed by atoms with Crippen molar-refractivity contribution < 1.29 is 23.9 Å². The standard InChI is InChI=1S/C10H8FNO4/c11-7-3-1-6(2-4-7)10(16)12-8(13)5-9(14)15/h1-4H,5H2,(H,14,15)(H,12,13,16). The summed E-state index contributed by atoms with van der Waals surface area (Å²) in [5, 5.41) is 10.1. The van der Waals surface area contributed by atoms with E-state index in [1.165, 1.54) is 12.1 Å². The Balaban J connectivity index is 2.62. The largest absolute Gasteiger partial charge is 0.481 e. The molecule has 1 aromatic rings. The zero-order valence-corrected chi connectivity index (χ0v) is 8.07. The maximum Gasteiger partial charge on any atom is 0.312 e. The van der Waals surface area contributed by atoms with Crippen LogP contribution in [0.2, 0.25) is 0 Å². The number of carboxylic acids is 1. The number of imide groups is 1. The lowest BCUT2D eigenvalue weighted by Crippen LogP contribution is -2.31. The summed E-state index contributed by atoms with van der Waals surface area (Å²) in [6, 6.07) is 4.52. The summed E-state index contributed by atoms with van der Waals surface area (Å²) in [5.74, 6) is -3.51. The van der Waals surface area contributed by atoms with Gasteiger partial charge < -0.3 is 5.11 Å². The molecule has 0 heterocycles. The number of rotatable bonds is 3. The molecule has 16 heavy (non-hydrogen) atoms. The fourth-order valence-electron chi connectivity index (χ4n) is 0.982. The average Bonchev–Trinajstić information content (AvgIpc) is 2.16. The van der Waals surface area contributed by atoms with Crippen LogP contribution in [-0.2, 0) is 9.59 Å². The molecule has 1 rings (SSSR count). The number of carbonyl (C=O) groups is 3. The third-order valence-corrected chi connectivity index (χ3v) is 1.67. The molecule has 84 valence electrons. The quantitative estimate of drug-likeness (QED) is 0.736. The topological polar surface area (TPSA) is 83.5 Å². The molecular weight excluding hydrogens is 217 g/mol. The highest BCUT2D eigenvalue weighted by molar-refractivity contribution is 6.08. The van der Waals surface area contributed by atoms with E-state index in [0.717, 1.165) is 12.1 Å². The fourth-order valence-corrected chi connectivity index (χ4v) is 0.982. The smallest absolute Gasteiger partial charge is 0.312 e. The first-order valence-electron chi connectivity index (χ1n) is 4.30. The van der Waals surface area contributed by atoms with Gasteiger partial charge in [-0.15, -0.1) is 0 Å². The predicted octanol–water partition coefficient (Wildman–Crippen LogP) is 0.557. The lowest BCUT2D eigenvalue weighted by Gasteiger charge is -2.01. The number of carboxylic acid groups (broad SMARTS) is 1. The molecule has 0 saturated heterocycles. The molecule has 0 aliphatic heterocycles. The average molecular weight is 225 g/mol. The number of hydrogen-bond acceptors (Lipinski definition) is 3. The van der Waals surface area contributed by atoms with E-state index in [4.69, 9.17) is 5.11 Å². The minimum Gasteiger partial charge on any atom is -0.481 e. The summed E-state index contributed by atoms with van der Waals surface area (Å²) in [7, 11) is 0. The van der Waals surface area contributed by atoms with Crippen molar-refractivity contribution in [2.45, 2.75) is 6.42 Å². The molecule has 2 amide bonds. The van der Waals surface area contributed by atoms with Crippen LogP contribution in [0.3, 0.4) is 0 Å². The molecule has 0 fully saturated rings. The van der Waals surface area contributed by atoms with E-state index in [9.17, 15) is 18.8 Å². The number of benzene rings is 1. The highest BCUT2D eigenvalue weighted by Crippen LogP contribution is 2.02. The Morgan fingerprint density at radius 1 is 1.19 bits per heavy atom. The van der Waals surface area contributed by atoms with E-state index in [1.54, 1.807) is 0 Å². The van der Waals surface area contributed by atoms with Gasteiger partial charge in [-0.25, -0.2) is 4.39 Å². The second-order valence-electron chi connectivity index (χ2n) is 2.95. The summed E-state index contributed by atoms with van der Waals surface area (Å²) in [5.41, 5.74) is 0.0835. The van der Waals surface area contributed by atoms with Gasteiger partial charge in [0, 0.05) is 5.56 Å². The minimum absolute atomic E-state index is 0.0835. The molecule has 0 saturated carbocycles. The number of amides is 2. The predicted molar refractivity (Wildman–Crippen MR) is 51.1 cm³/mol. The van der Waals surface area contributed by atoms with Crippen molar-refractivity contribution in [1.29, 1.82) is 0 Å². The van der Waals surface area contributed by atoms with Gasteiger partial charge in [-0.05, 0) is 24.3 Å². The number of halogens is 1. The second-order valence-corrected chi connectivity index (χ2v) is 2.95. The molecule has 0 atom stereocenters. The number of aliphatic carboxylic acids is 1. The van der Waals surface area contributed by atoms with Crippen LogP contribution in [0.15, 0.2) is 24.3 Å². The lowest BCUT2D eigenvalue weighted by molar-refractivity contribution is -0.140. The van der Waals surface area contributed by atoms with Crippen molar-refractivity contribution in [3.8, 4) is 0 Å². The molecule has 6 heteroatoms. The van der Waals surface area contributed by atoms with Crippen molar-refractivity contribution in [2.75, 3.05) is 0 Å². The Morgan fingerprint density at radius 2 is 1.75 bits per heavy atom. The zero-order chi connectivity index (χ0) is 12.1. The minimum atomic E-state index is -1.33. The monoisotopic (exact) mass is 225 g/mol. The molecule has 0 radical (unpaired) electrons. The van der Waals surface area contributed by atoms with Gasteiger partial charge in [0.05, 0.1) is 0 Å². The van der Waals surface area contributed by atoms with Crippen LogP contribution in [0, 0.1) is 5.82 Å². The molecule has 2 N–H and O–H groups in total. The number of nitrogens with one attached hydrogen (secondary N) is 1. The van der Waals surface area contributed by atoms with Gasteiger partial charge in [0.25, 0.3) is 5.91 Å². The highest BCUT2D eigenvalue weighted by Gasteiger charge is 2.12. The van der Waals surface area contributed by atoms with Gasteiger partial charge in [-0.1, -0.05) is 0 Å². The van der Waals surface area contributed by atoms with Crippen molar-refractivity contribution in [2.24, 2.45) is 0 Å². The Labute approximate surface area is 89.9 Å². The molecule has 5 nitrogen and oxygen atoms in total. The highest BCUT2D eigenvalue weighted by atomic mass is 19.1. The van der Waals surface area contributed by atoms with Gasteiger partial charge in [0.15, 0.2) is 0 Å². The van der Waals surface area contributed by atoms with Crippen molar-refractivity contribution in [1.82, 2.24) is 5.32 Å². The fraction of sp³-hybridized carbons (Fsp3) is 0.100. The summed E-state index contributed by atoms with van der Waals surface area (Å²) >= 11 is 0. The molecule has 0 bridgehead atoms. The first-order chi connectivity index (χ1) is 7.49. The van der Waals surface area contributed by atoms with Crippen LogP contribution in [-0.4, -0.2) is 22.9 Å². The number of hydrogen-bond donors (Lipinski definition) is 2. The van der Waals surface area contributed by atoms with Crippen LogP contribution in [0.4, 0.5) is 4.39 Å². The molecular formula is C10H8FNO4. The van der Waals surface area contributed by atoms with Crippen LogP contribution in [0.1, 0.15) is 16.8 Å². The van der Waals surface area contributed by atoms with Gasteiger partial charge >= 0.3 is 5.97 Å². The van der Waals surface area contributed by atoms with Crippen LogP contribution < -0.4 is 5.32 Å². The third kappa shape index (κ3) is 3.49. The first kappa shape index (κ1) is 11.8. The lowest BCUT2D eigenvalue weighted by atomic mass is 10.2. The van der Waals surface area contributed by atoms with Gasteiger partial charge in [-0.2, -0.15) is 0 Å². The molecule has 0 unspecified atom stereocenters. The van der Waals surface area contributed by atoms with Crippen LogP contribution in [0.5, 0.6) is 0 Å². The third-order valence-electron chi connectivity index (χ3n) is 1.67. The Bertz CT molecular complexity index is 427. The molecule has 0 spiro atoms. The van der Waals surface area contributed by atoms with Crippen molar-refractivity contribution in [3.05, 3.63) is 35.6 Å². The number of carbonyl (C=O) groups excluding carboxylic acids is 2. The summed E-state index contributed by atoms with van der Waals surface area (Å²) in [4.78, 5) is 32.4.